The molecule has 5 rings (SSSR count). The number of phenolic OH excluding ortho intramolecular Hbond substituents is 2. The molecule has 0 aliphatic carbocycles. The number of benzene rings is 4. The number of carbonyl (C=O) groups is 1. The summed E-state index contributed by atoms with van der Waals surface area (Å²) in [5.74, 6) is -0.503. The van der Waals surface area contributed by atoms with Gasteiger partial charge in [0, 0.05) is 11.3 Å². The fraction of sp³-hybridized carbons (Fsp3) is 0.194. The van der Waals surface area contributed by atoms with E-state index in [2.05, 4.69) is 0 Å². The van der Waals surface area contributed by atoms with E-state index in [1.165, 1.54) is 12.1 Å². The van der Waals surface area contributed by atoms with Crippen LogP contribution >= 0.6 is 0 Å². The molecule has 3 unspecified atom stereocenters. The first-order chi connectivity index (χ1) is 17.9. The van der Waals surface area contributed by atoms with Crippen molar-refractivity contribution in [3.8, 4) is 22.6 Å². The molecule has 188 valence electrons. The number of aliphatic hydroxyl groups is 1. The Balaban J connectivity index is 1.37. The number of aromatic hydroxyl groups is 2. The summed E-state index contributed by atoms with van der Waals surface area (Å²) in [7, 11) is 0. The SMILES string of the molecule is O=C1C(CCCC(O)c2ccc(F)cc2)C(c2ccc(-c3cccc(O)c3)cc2O)N1c1ccccc1. The molecule has 6 heteroatoms. The molecule has 0 saturated carbocycles. The summed E-state index contributed by atoms with van der Waals surface area (Å²) in [6.45, 7) is 0. The highest BCUT2D eigenvalue weighted by molar-refractivity contribution is 6.03. The number of halogens is 1. The van der Waals surface area contributed by atoms with Crippen LogP contribution in [0.2, 0.25) is 0 Å². The molecular formula is C31H28FNO4. The molecule has 3 N–H and O–H groups in total. The molecule has 0 bridgehead atoms. The van der Waals surface area contributed by atoms with Gasteiger partial charge in [-0.25, -0.2) is 4.39 Å². The lowest BCUT2D eigenvalue weighted by Crippen LogP contribution is -2.55. The second-order valence-electron chi connectivity index (χ2n) is 9.42. The van der Waals surface area contributed by atoms with Crippen molar-refractivity contribution < 1.29 is 24.5 Å². The molecule has 1 saturated heterocycles. The monoisotopic (exact) mass is 497 g/mol. The van der Waals surface area contributed by atoms with Gasteiger partial charge in [-0.05, 0) is 78.4 Å². The minimum atomic E-state index is -0.741. The zero-order chi connectivity index (χ0) is 25.9. The zero-order valence-corrected chi connectivity index (χ0v) is 20.2. The van der Waals surface area contributed by atoms with Gasteiger partial charge >= 0.3 is 0 Å². The number of β-lactam (4-membered cyclic amide) rings is 1. The molecule has 37 heavy (non-hydrogen) atoms. The minimum Gasteiger partial charge on any atom is -0.508 e. The van der Waals surface area contributed by atoms with Crippen molar-refractivity contribution in [1.82, 2.24) is 0 Å². The van der Waals surface area contributed by atoms with Crippen LogP contribution in [-0.4, -0.2) is 21.2 Å². The molecule has 1 aliphatic heterocycles. The third kappa shape index (κ3) is 5.06. The summed E-state index contributed by atoms with van der Waals surface area (Å²) >= 11 is 0. The first-order valence-electron chi connectivity index (χ1n) is 12.4. The van der Waals surface area contributed by atoms with Crippen molar-refractivity contribution in [1.29, 1.82) is 0 Å². The Kier molecular flexibility index (Phi) is 6.93. The van der Waals surface area contributed by atoms with Gasteiger partial charge < -0.3 is 20.2 Å². The van der Waals surface area contributed by atoms with Crippen LogP contribution in [0.1, 0.15) is 42.5 Å². The van der Waals surface area contributed by atoms with Crippen molar-refractivity contribution in [2.24, 2.45) is 5.92 Å². The number of hydrogen-bond acceptors (Lipinski definition) is 4. The average molecular weight is 498 g/mol. The lowest BCUT2D eigenvalue weighted by molar-refractivity contribution is -0.130. The predicted octanol–water partition coefficient (Wildman–Crippen LogP) is 6.51. The molecule has 4 aromatic carbocycles. The van der Waals surface area contributed by atoms with Gasteiger partial charge in [-0.1, -0.05) is 54.6 Å². The van der Waals surface area contributed by atoms with E-state index in [1.807, 2.05) is 48.5 Å². The second kappa shape index (κ2) is 10.4. The Morgan fingerprint density at radius 3 is 2.27 bits per heavy atom. The Labute approximate surface area is 215 Å². The van der Waals surface area contributed by atoms with Gasteiger partial charge in [0.2, 0.25) is 5.91 Å². The maximum absolute atomic E-state index is 13.3. The van der Waals surface area contributed by atoms with Crippen molar-refractivity contribution in [2.45, 2.75) is 31.4 Å². The Bertz CT molecular complexity index is 1390. The van der Waals surface area contributed by atoms with Gasteiger partial charge in [0.05, 0.1) is 18.1 Å². The Hall–Kier alpha value is -4.16. The Morgan fingerprint density at radius 1 is 0.838 bits per heavy atom. The van der Waals surface area contributed by atoms with Crippen molar-refractivity contribution in [2.75, 3.05) is 4.90 Å². The van der Waals surface area contributed by atoms with Crippen LogP contribution in [0.5, 0.6) is 11.5 Å². The molecule has 0 radical (unpaired) electrons. The maximum atomic E-state index is 13.3. The number of aliphatic hydroxyl groups excluding tert-OH is 1. The first kappa shape index (κ1) is 24.5. The highest BCUT2D eigenvalue weighted by Crippen LogP contribution is 2.48. The van der Waals surface area contributed by atoms with E-state index in [4.69, 9.17) is 0 Å². The number of carbonyl (C=O) groups excluding carboxylic acids is 1. The number of phenols is 2. The van der Waals surface area contributed by atoms with Crippen LogP contribution in [-0.2, 0) is 4.79 Å². The van der Waals surface area contributed by atoms with Crippen LogP contribution < -0.4 is 4.90 Å². The fourth-order valence-corrected chi connectivity index (χ4v) is 5.10. The van der Waals surface area contributed by atoms with E-state index in [0.717, 1.165) is 16.8 Å². The second-order valence-corrected chi connectivity index (χ2v) is 9.42. The van der Waals surface area contributed by atoms with Gasteiger partial charge in [0.25, 0.3) is 0 Å². The van der Waals surface area contributed by atoms with E-state index in [9.17, 15) is 24.5 Å². The minimum absolute atomic E-state index is 0.0241. The summed E-state index contributed by atoms with van der Waals surface area (Å²) in [5.41, 5.74) is 3.59. The molecule has 1 fully saturated rings. The molecule has 4 aromatic rings. The van der Waals surface area contributed by atoms with E-state index < -0.39 is 6.10 Å². The summed E-state index contributed by atoms with van der Waals surface area (Å²) in [6.07, 6.45) is 0.833. The lowest BCUT2D eigenvalue weighted by atomic mass is 9.78. The largest absolute Gasteiger partial charge is 0.508 e. The molecule has 1 amide bonds. The lowest BCUT2D eigenvalue weighted by Gasteiger charge is -2.48. The van der Waals surface area contributed by atoms with Crippen LogP contribution in [0.25, 0.3) is 11.1 Å². The molecular weight excluding hydrogens is 469 g/mol. The maximum Gasteiger partial charge on any atom is 0.233 e. The highest BCUT2D eigenvalue weighted by atomic mass is 19.1. The molecule has 0 aromatic heterocycles. The molecule has 1 heterocycles. The zero-order valence-electron chi connectivity index (χ0n) is 20.2. The molecule has 0 spiro atoms. The predicted molar refractivity (Wildman–Crippen MR) is 141 cm³/mol. The van der Waals surface area contributed by atoms with Gasteiger partial charge in [0.15, 0.2) is 0 Å². The standard InChI is InChI=1S/C31H28FNO4/c32-23-15-12-20(13-16-23)28(35)11-5-10-27-30(33(31(27)37)24-7-2-1-3-8-24)26-17-14-22(19-29(26)36)21-6-4-9-25(34)18-21/h1-4,6-9,12-19,27-28,30,34-36H,5,10-11H2. The molecule has 5 nitrogen and oxygen atoms in total. The highest BCUT2D eigenvalue weighted by Gasteiger charge is 2.49. The third-order valence-electron chi connectivity index (χ3n) is 7.02. The summed E-state index contributed by atoms with van der Waals surface area (Å²) in [5, 5.41) is 31.4. The van der Waals surface area contributed by atoms with E-state index >= 15 is 0 Å². The van der Waals surface area contributed by atoms with Crippen molar-refractivity contribution >= 4 is 11.6 Å². The van der Waals surface area contributed by atoms with Gasteiger partial charge in [-0.2, -0.15) is 0 Å². The number of amides is 1. The number of hydrogen-bond donors (Lipinski definition) is 3. The van der Waals surface area contributed by atoms with Gasteiger partial charge in [-0.3, -0.25) is 4.79 Å². The summed E-state index contributed by atoms with van der Waals surface area (Å²) < 4.78 is 13.2. The molecule has 1 aliphatic rings. The first-order valence-corrected chi connectivity index (χ1v) is 12.4. The van der Waals surface area contributed by atoms with E-state index in [1.54, 1.807) is 41.3 Å². The van der Waals surface area contributed by atoms with Gasteiger partial charge in [-0.15, -0.1) is 0 Å². The normalized spacial score (nSPS) is 17.9. The third-order valence-corrected chi connectivity index (χ3v) is 7.02. The van der Waals surface area contributed by atoms with E-state index in [0.29, 0.717) is 30.4 Å². The van der Waals surface area contributed by atoms with E-state index in [-0.39, 0.29) is 35.2 Å². The van der Waals surface area contributed by atoms with Gasteiger partial charge in [0.1, 0.15) is 17.3 Å². The van der Waals surface area contributed by atoms with Crippen molar-refractivity contribution in [3.63, 3.8) is 0 Å². The number of para-hydroxylation sites is 1. The van der Waals surface area contributed by atoms with Crippen molar-refractivity contribution in [3.05, 3.63) is 114 Å². The summed E-state index contributed by atoms with van der Waals surface area (Å²) in [6, 6.07) is 27.0. The smallest absolute Gasteiger partial charge is 0.233 e. The topological polar surface area (TPSA) is 81.0 Å². The van der Waals surface area contributed by atoms with Crippen LogP contribution in [0.4, 0.5) is 10.1 Å². The Morgan fingerprint density at radius 2 is 1.57 bits per heavy atom. The number of rotatable bonds is 8. The average Bonchev–Trinajstić information content (AvgIpc) is 2.90. The van der Waals surface area contributed by atoms with Crippen LogP contribution in [0, 0.1) is 11.7 Å². The molecule has 3 atom stereocenters. The van der Waals surface area contributed by atoms with Crippen LogP contribution in [0.3, 0.4) is 0 Å². The quantitative estimate of drug-likeness (QED) is 0.242. The van der Waals surface area contributed by atoms with Crippen LogP contribution in [0.15, 0.2) is 97.1 Å². The fourth-order valence-electron chi connectivity index (χ4n) is 5.10. The number of anilines is 1. The number of nitrogens with zero attached hydrogens (tertiary/aromatic N) is 1. The summed E-state index contributed by atoms with van der Waals surface area (Å²) in [4.78, 5) is 15.0.